The first-order valence-corrected chi connectivity index (χ1v) is 8.22. The molecule has 0 saturated carbocycles. The minimum absolute atomic E-state index is 0.103. The highest BCUT2D eigenvalue weighted by molar-refractivity contribution is 7.99. The van der Waals surface area contributed by atoms with Gasteiger partial charge in [0.15, 0.2) is 0 Å². The quantitative estimate of drug-likeness (QED) is 0.837. The number of anilines is 1. The van der Waals surface area contributed by atoms with E-state index < -0.39 is 0 Å². The minimum atomic E-state index is -0.103. The van der Waals surface area contributed by atoms with Crippen molar-refractivity contribution in [3.05, 3.63) is 35.2 Å². The lowest BCUT2D eigenvalue weighted by Gasteiger charge is -2.11. The number of nitrogens with zero attached hydrogens (tertiary/aromatic N) is 1. The molecule has 0 spiro atoms. The normalized spacial score (nSPS) is 10.4. The van der Waals surface area contributed by atoms with Crippen molar-refractivity contribution in [2.45, 2.75) is 19.6 Å². The Morgan fingerprint density at radius 2 is 2.09 bits per heavy atom. The maximum atomic E-state index is 12.1. The summed E-state index contributed by atoms with van der Waals surface area (Å²) >= 11 is 1.51. The molecular weight excluding hydrogens is 316 g/mol. The second-order valence-corrected chi connectivity index (χ2v) is 5.90. The van der Waals surface area contributed by atoms with E-state index in [1.165, 1.54) is 11.8 Å². The molecule has 0 saturated heterocycles. The van der Waals surface area contributed by atoms with Crippen molar-refractivity contribution in [1.29, 1.82) is 0 Å². The van der Waals surface area contributed by atoms with Gasteiger partial charge >= 0.3 is 0 Å². The molecule has 1 N–H and O–H groups in total. The molecule has 0 atom stereocenters. The van der Waals surface area contributed by atoms with Crippen LogP contribution in [0.1, 0.15) is 17.0 Å². The lowest BCUT2D eigenvalue weighted by Crippen LogP contribution is -2.15. The monoisotopic (exact) mass is 336 g/mol. The Labute approximate surface area is 139 Å². The molecule has 1 aromatic carbocycles. The summed E-state index contributed by atoms with van der Waals surface area (Å²) in [6, 6.07) is 5.27. The predicted octanol–water partition coefficient (Wildman–Crippen LogP) is 3.18. The zero-order valence-corrected chi connectivity index (χ0v) is 14.5. The number of methoxy groups -OCH3 is 2. The molecule has 1 aromatic heterocycles. The van der Waals surface area contributed by atoms with Gasteiger partial charge in [-0.15, -0.1) is 11.8 Å². The van der Waals surface area contributed by atoms with Crippen LogP contribution >= 0.6 is 11.8 Å². The summed E-state index contributed by atoms with van der Waals surface area (Å²) in [6.45, 7) is 3.77. The van der Waals surface area contributed by atoms with Gasteiger partial charge in [0.25, 0.3) is 0 Å². The first kappa shape index (κ1) is 17.2. The Balaban J connectivity index is 1.92. The van der Waals surface area contributed by atoms with Crippen LogP contribution in [0.25, 0.3) is 0 Å². The lowest BCUT2D eigenvalue weighted by atomic mass is 10.2. The molecule has 1 heterocycles. The molecule has 0 radical (unpaired) electrons. The van der Waals surface area contributed by atoms with Gasteiger partial charge in [0.05, 0.1) is 31.4 Å². The van der Waals surface area contributed by atoms with Crippen LogP contribution in [0.2, 0.25) is 0 Å². The Morgan fingerprint density at radius 3 is 2.70 bits per heavy atom. The number of carbonyl (C=O) groups is 1. The molecule has 0 aliphatic rings. The van der Waals surface area contributed by atoms with Gasteiger partial charge in [0, 0.05) is 17.4 Å². The molecular formula is C16H20N2O4S. The number of hydrogen-bond donors (Lipinski definition) is 1. The van der Waals surface area contributed by atoms with E-state index in [2.05, 4.69) is 10.5 Å². The van der Waals surface area contributed by atoms with Crippen LogP contribution in [0.5, 0.6) is 11.5 Å². The number of amides is 1. The minimum Gasteiger partial charge on any atom is -0.497 e. The molecule has 2 rings (SSSR count). The molecule has 0 aliphatic heterocycles. The van der Waals surface area contributed by atoms with E-state index in [1.54, 1.807) is 32.4 Å². The van der Waals surface area contributed by atoms with Gasteiger partial charge in [-0.05, 0) is 26.0 Å². The van der Waals surface area contributed by atoms with Crippen molar-refractivity contribution in [3.8, 4) is 11.5 Å². The van der Waals surface area contributed by atoms with E-state index in [4.69, 9.17) is 14.0 Å². The van der Waals surface area contributed by atoms with Gasteiger partial charge in [-0.1, -0.05) is 5.16 Å². The summed E-state index contributed by atoms with van der Waals surface area (Å²) in [5.74, 6) is 2.95. The van der Waals surface area contributed by atoms with Crippen molar-refractivity contribution in [2.24, 2.45) is 0 Å². The van der Waals surface area contributed by atoms with Gasteiger partial charge in [0.1, 0.15) is 17.3 Å². The van der Waals surface area contributed by atoms with Crippen LogP contribution in [0.3, 0.4) is 0 Å². The molecule has 0 unspecified atom stereocenters. The van der Waals surface area contributed by atoms with Gasteiger partial charge in [0.2, 0.25) is 5.91 Å². The first-order chi connectivity index (χ1) is 11.0. The molecule has 23 heavy (non-hydrogen) atoms. The van der Waals surface area contributed by atoms with Gasteiger partial charge in [-0.3, -0.25) is 4.79 Å². The summed E-state index contributed by atoms with van der Waals surface area (Å²) in [5.41, 5.74) is 2.50. The highest BCUT2D eigenvalue weighted by Crippen LogP contribution is 2.29. The van der Waals surface area contributed by atoms with Crippen LogP contribution in [0, 0.1) is 13.8 Å². The van der Waals surface area contributed by atoms with E-state index in [0.29, 0.717) is 28.7 Å². The smallest absolute Gasteiger partial charge is 0.234 e. The number of hydrogen-bond acceptors (Lipinski definition) is 6. The summed E-state index contributed by atoms with van der Waals surface area (Å²) < 4.78 is 15.5. The van der Waals surface area contributed by atoms with Crippen molar-refractivity contribution < 1.29 is 18.8 Å². The molecule has 7 heteroatoms. The number of thioether (sulfide) groups is 1. The summed E-state index contributed by atoms with van der Waals surface area (Å²) in [4.78, 5) is 12.1. The van der Waals surface area contributed by atoms with Crippen LogP contribution in [-0.4, -0.2) is 31.0 Å². The number of aryl methyl sites for hydroxylation is 2. The van der Waals surface area contributed by atoms with Crippen molar-refractivity contribution in [1.82, 2.24) is 5.16 Å². The predicted molar refractivity (Wildman–Crippen MR) is 90.3 cm³/mol. The fourth-order valence-electron chi connectivity index (χ4n) is 2.05. The second kappa shape index (κ2) is 7.92. The Morgan fingerprint density at radius 1 is 1.30 bits per heavy atom. The third kappa shape index (κ3) is 4.41. The summed E-state index contributed by atoms with van der Waals surface area (Å²) in [6.07, 6.45) is 0. The number of benzene rings is 1. The topological polar surface area (TPSA) is 73.6 Å². The third-order valence-corrected chi connectivity index (χ3v) is 4.30. The maximum absolute atomic E-state index is 12.1. The largest absolute Gasteiger partial charge is 0.497 e. The highest BCUT2D eigenvalue weighted by Gasteiger charge is 2.12. The number of rotatable bonds is 7. The van der Waals surface area contributed by atoms with Gasteiger partial charge in [-0.2, -0.15) is 0 Å². The zero-order valence-electron chi connectivity index (χ0n) is 13.6. The lowest BCUT2D eigenvalue weighted by molar-refractivity contribution is -0.113. The zero-order chi connectivity index (χ0) is 16.8. The molecule has 2 aromatic rings. The van der Waals surface area contributed by atoms with Crippen LogP contribution in [0.15, 0.2) is 22.7 Å². The molecule has 0 fully saturated rings. The van der Waals surface area contributed by atoms with E-state index >= 15 is 0 Å². The molecule has 0 bridgehead atoms. The molecule has 1 amide bonds. The summed E-state index contributed by atoms with van der Waals surface area (Å²) in [7, 11) is 3.14. The van der Waals surface area contributed by atoms with Gasteiger partial charge in [-0.25, -0.2) is 0 Å². The number of aromatic nitrogens is 1. The third-order valence-electron chi connectivity index (χ3n) is 3.34. The molecule has 6 nitrogen and oxygen atoms in total. The maximum Gasteiger partial charge on any atom is 0.234 e. The molecule has 124 valence electrons. The van der Waals surface area contributed by atoms with E-state index in [-0.39, 0.29) is 5.91 Å². The second-order valence-electron chi connectivity index (χ2n) is 4.91. The average Bonchev–Trinajstić information content (AvgIpc) is 2.86. The first-order valence-electron chi connectivity index (χ1n) is 7.06. The van der Waals surface area contributed by atoms with E-state index in [9.17, 15) is 4.79 Å². The summed E-state index contributed by atoms with van der Waals surface area (Å²) in [5, 5.41) is 6.75. The average molecular weight is 336 g/mol. The van der Waals surface area contributed by atoms with Crippen LogP contribution < -0.4 is 14.8 Å². The highest BCUT2D eigenvalue weighted by atomic mass is 32.2. The van der Waals surface area contributed by atoms with E-state index in [1.807, 2.05) is 13.8 Å². The Hall–Kier alpha value is -2.15. The fourth-order valence-corrected chi connectivity index (χ4v) is 3.03. The Bertz CT molecular complexity index is 665. The fraction of sp³-hybridized carbons (Fsp3) is 0.375. The number of ether oxygens (including phenoxy) is 2. The Kier molecular flexibility index (Phi) is 5.92. The standard InChI is InChI=1S/C16H20N2O4S/c1-10-13(11(2)22-18-10)8-23-9-16(19)17-14-7-12(20-3)5-6-15(14)21-4/h5-7H,8-9H2,1-4H3,(H,17,19). The number of nitrogens with one attached hydrogen (secondary N) is 1. The van der Waals surface area contributed by atoms with Crippen molar-refractivity contribution >= 4 is 23.4 Å². The number of carbonyl (C=O) groups excluding carboxylic acids is 1. The van der Waals surface area contributed by atoms with Crippen LogP contribution in [-0.2, 0) is 10.5 Å². The molecule has 0 aliphatic carbocycles. The van der Waals surface area contributed by atoms with Crippen molar-refractivity contribution in [3.63, 3.8) is 0 Å². The van der Waals surface area contributed by atoms with E-state index in [0.717, 1.165) is 17.0 Å². The SMILES string of the molecule is COc1ccc(OC)c(NC(=O)CSCc2c(C)noc2C)c1. The van der Waals surface area contributed by atoms with Crippen LogP contribution in [0.4, 0.5) is 5.69 Å². The van der Waals surface area contributed by atoms with Crippen molar-refractivity contribution in [2.75, 3.05) is 25.3 Å². The van der Waals surface area contributed by atoms with Gasteiger partial charge < -0.3 is 19.3 Å².